The Morgan fingerprint density at radius 2 is 1.89 bits per heavy atom. The van der Waals surface area contributed by atoms with Gasteiger partial charge in [0.15, 0.2) is 5.82 Å². The molecule has 13 heteroatoms. The lowest BCUT2D eigenvalue weighted by atomic mass is 10.1. The van der Waals surface area contributed by atoms with Gasteiger partial charge in [0.05, 0.1) is 37.2 Å². The summed E-state index contributed by atoms with van der Waals surface area (Å²) in [5.74, 6) is -0.655. The van der Waals surface area contributed by atoms with Crippen LogP contribution in [0.25, 0.3) is 11.4 Å². The largest absolute Gasteiger partial charge is 0.496 e. The van der Waals surface area contributed by atoms with Gasteiger partial charge in [0, 0.05) is 5.02 Å². The molecule has 0 radical (unpaired) electrons. The Balaban J connectivity index is 1.73. The third-order valence-electron chi connectivity index (χ3n) is 4.55. The van der Waals surface area contributed by atoms with Crippen LogP contribution in [0.5, 0.6) is 5.75 Å². The van der Waals surface area contributed by atoms with Gasteiger partial charge >= 0.3 is 11.9 Å². The molecule has 0 fully saturated rings. The molecule has 0 aliphatic rings. The molecule has 10 nitrogen and oxygen atoms in total. The van der Waals surface area contributed by atoms with Crippen molar-refractivity contribution in [3.63, 3.8) is 0 Å². The van der Waals surface area contributed by atoms with Crippen molar-refractivity contribution in [2.75, 3.05) is 31.4 Å². The maximum atomic E-state index is 12.7. The first-order valence-corrected chi connectivity index (χ1v) is 12.6. The molecule has 2 N–H and O–H groups in total. The number of hydrogen-bond donors (Lipinski definition) is 2. The van der Waals surface area contributed by atoms with Crippen molar-refractivity contribution >= 4 is 57.5 Å². The van der Waals surface area contributed by atoms with Crippen LogP contribution in [-0.2, 0) is 14.3 Å². The van der Waals surface area contributed by atoms with Crippen molar-refractivity contribution in [1.82, 2.24) is 15.2 Å². The normalized spacial score (nSPS) is 10.7. The van der Waals surface area contributed by atoms with E-state index in [0.717, 1.165) is 23.1 Å². The average Bonchev–Trinajstić information content (AvgIpc) is 3.42. The predicted molar refractivity (Wildman–Crippen MR) is 134 cm³/mol. The number of carbonyl (C=O) groups excluding carboxylic acids is 3. The minimum Gasteiger partial charge on any atom is -0.496 e. The highest BCUT2D eigenvalue weighted by Crippen LogP contribution is 2.35. The van der Waals surface area contributed by atoms with Crippen LogP contribution in [0, 0.1) is 6.92 Å². The lowest BCUT2D eigenvalue weighted by Crippen LogP contribution is -2.16. The molecule has 0 atom stereocenters. The number of H-pyrrole nitrogens is 1. The number of aromatic nitrogens is 3. The highest BCUT2D eigenvalue weighted by Gasteiger charge is 2.27. The average molecular weight is 539 g/mol. The number of thiophene rings is 1. The third kappa shape index (κ3) is 6.32. The highest BCUT2D eigenvalue weighted by molar-refractivity contribution is 7.99. The van der Waals surface area contributed by atoms with E-state index in [9.17, 15) is 14.4 Å². The lowest BCUT2D eigenvalue weighted by molar-refractivity contribution is -0.113. The Morgan fingerprint density at radius 1 is 1.17 bits per heavy atom. The summed E-state index contributed by atoms with van der Waals surface area (Å²) in [5, 5.41) is 10.7. The monoisotopic (exact) mass is 538 g/mol. The fourth-order valence-electron chi connectivity index (χ4n) is 3.03. The van der Waals surface area contributed by atoms with Gasteiger partial charge in [0.2, 0.25) is 11.1 Å². The maximum absolute atomic E-state index is 12.7. The quantitative estimate of drug-likeness (QED) is 0.281. The minimum atomic E-state index is -0.631. The number of carbonyl (C=O) groups is 3. The van der Waals surface area contributed by atoms with Crippen molar-refractivity contribution < 1.29 is 28.6 Å². The lowest BCUT2D eigenvalue weighted by Gasteiger charge is -2.06. The van der Waals surface area contributed by atoms with Gasteiger partial charge in [0.25, 0.3) is 0 Å². The Bertz CT molecular complexity index is 1240. The van der Waals surface area contributed by atoms with Crippen LogP contribution in [0.3, 0.4) is 0 Å². The van der Waals surface area contributed by atoms with Crippen LogP contribution in [0.2, 0.25) is 5.02 Å². The van der Waals surface area contributed by atoms with E-state index in [1.54, 1.807) is 39.0 Å². The Morgan fingerprint density at radius 3 is 2.57 bits per heavy atom. The smallest absolute Gasteiger partial charge is 0.348 e. The molecule has 186 valence electrons. The third-order valence-corrected chi connectivity index (χ3v) is 6.82. The summed E-state index contributed by atoms with van der Waals surface area (Å²) in [6.07, 6.45) is 0. The molecule has 0 aliphatic carbocycles. The fourth-order valence-corrected chi connectivity index (χ4v) is 4.91. The van der Waals surface area contributed by atoms with Crippen LogP contribution in [0.4, 0.5) is 5.00 Å². The van der Waals surface area contributed by atoms with Crippen LogP contribution in [-0.4, -0.2) is 59.1 Å². The predicted octanol–water partition coefficient (Wildman–Crippen LogP) is 4.59. The molecular formula is C22H23ClN4O6S2. The van der Waals surface area contributed by atoms with E-state index < -0.39 is 17.8 Å². The van der Waals surface area contributed by atoms with E-state index in [1.807, 2.05) is 0 Å². The molecule has 0 unspecified atom stereocenters. The van der Waals surface area contributed by atoms with E-state index in [-0.39, 0.29) is 34.4 Å². The topological polar surface area (TPSA) is 132 Å². The van der Waals surface area contributed by atoms with Gasteiger partial charge in [-0.05, 0) is 44.5 Å². The van der Waals surface area contributed by atoms with Crippen molar-refractivity contribution in [3.8, 4) is 17.1 Å². The second kappa shape index (κ2) is 12.0. The zero-order valence-corrected chi connectivity index (χ0v) is 21.8. The second-order valence-electron chi connectivity index (χ2n) is 6.85. The van der Waals surface area contributed by atoms with Crippen LogP contribution < -0.4 is 10.1 Å². The first-order valence-electron chi connectivity index (χ1n) is 10.5. The van der Waals surface area contributed by atoms with E-state index in [4.69, 9.17) is 25.8 Å². The zero-order chi connectivity index (χ0) is 25.5. The first kappa shape index (κ1) is 26.5. The number of methoxy groups -OCH3 is 1. The van der Waals surface area contributed by atoms with Crippen molar-refractivity contribution in [1.29, 1.82) is 0 Å². The molecule has 0 spiro atoms. The van der Waals surface area contributed by atoms with Gasteiger partial charge < -0.3 is 19.5 Å². The molecule has 0 bridgehead atoms. The highest BCUT2D eigenvalue weighted by atomic mass is 35.5. The molecule has 3 aromatic rings. The van der Waals surface area contributed by atoms with Gasteiger partial charge in [-0.25, -0.2) is 14.6 Å². The number of hydrogen-bond acceptors (Lipinski definition) is 10. The van der Waals surface area contributed by atoms with Gasteiger partial charge in [-0.2, -0.15) is 0 Å². The van der Waals surface area contributed by atoms with Crippen LogP contribution in [0.1, 0.15) is 39.4 Å². The molecule has 0 saturated carbocycles. The van der Waals surface area contributed by atoms with E-state index >= 15 is 0 Å². The molecule has 35 heavy (non-hydrogen) atoms. The number of nitrogens with one attached hydrogen (secondary N) is 2. The number of amides is 1. The maximum Gasteiger partial charge on any atom is 0.348 e. The van der Waals surface area contributed by atoms with E-state index in [0.29, 0.717) is 32.9 Å². The summed E-state index contributed by atoms with van der Waals surface area (Å²) in [6.45, 7) is 5.30. The number of halogens is 1. The number of aromatic amines is 1. The molecular weight excluding hydrogens is 516 g/mol. The number of ether oxygens (including phenoxy) is 3. The molecule has 0 saturated heterocycles. The SMILES string of the molecule is CCOC(=O)c1sc(NC(=O)CSc2n[nH]c(-c3cc(Cl)ccc3OC)n2)c(C(=O)OCC)c1C. The molecule has 2 aromatic heterocycles. The zero-order valence-electron chi connectivity index (χ0n) is 19.4. The number of benzene rings is 1. The fraction of sp³-hybridized carbons (Fsp3) is 0.318. The second-order valence-corrected chi connectivity index (χ2v) is 9.25. The van der Waals surface area contributed by atoms with Crippen molar-refractivity contribution in [2.24, 2.45) is 0 Å². The van der Waals surface area contributed by atoms with E-state index in [2.05, 4.69) is 20.5 Å². The molecule has 0 aliphatic heterocycles. The summed E-state index contributed by atoms with van der Waals surface area (Å²) in [5.41, 5.74) is 1.15. The Kier molecular flexibility index (Phi) is 9.13. The summed E-state index contributed by atoms with van der Waals surface area (Å²) >= 11 is 8.13. The van der Waals surface area contributed by atoms with Gasteiger partial charge in [-0.15, -0.1) is 16.4 Å². The van der Waals surface area contributed by atoms with Gasteiger partial charge in [-0.1, -0.05) is 23.4 Å². The summed E-state index contributed by atoms with van der Waals surface area (Å²) in [7, 11) is 1.54. The molecule has 2 heterocycles. The summed E-state index contributed by atoms with van der Waals surface area (Å²) in [6, 6.07) is 5.11. The van der Waals surface area contributed by atoms with Crippen LogP contribution >= 0.6 is 34.7 Å². The molecule has 1 amide bonds. The van der Waals surface area contributed by atoms with Crippen molar-refractivity contribution in [2.45, 2.75) is 25.9 Å². The van der Waals surface area contributed by atoms with Gasteiger partial charge in [-0.3, -0.25) is 9.89 Å². The minimum absolute atomic E-state index is 0.0437. The van der Waals surface area contributed by atoms with E-state index in [1.165, 1.54) is 7.11 Å². The number of nitrogens with zero attached hydrogens (tertiary/aromatic N) is 2. The number of thioether (sulfide) groups is 1. The summed E-state index contributed by atoms with van der Waals surface area (Å²) in [4.78, 5) is 42.0. The first-order chi connectivity index (χ1) is 16.8. The van der Waals surface area contributed by atoms with Crippen LogP contribution in [0.15, 0.2) is 23.4 Å². The van der Waals surface area contributed by atoms with Crippen molar-refractivity contribution in [3.05, 3.63) is 39.2 Å². The molecule has 3 rings (SSSR count). The number of anilines is 1. The number of rotatable bonds is 10. The Labute approximate surface area is 214 Å². The number of esters is 2. The Hall–Kier alpha value is -3.09. The standard InChI is InChI=1S/C22H23ClN4O6S2/c1-5-32-20(29)16-11(3)17(21(30)33-6-2)35-19(16)24-15(28)10-34-22-25-18(26-27-22)13-9-12(23)7-8-14(13)31-4/h7-9H,5-6,10H2,1-4H3,(H,24,28)(H,25,26,27). The molecule has 1 aromatic carbocycles. The van der Waals surface area contributed by atoms with Gasteiger partial charge in [0.1, 0.15) is 15.6 Å². The summed E-state index contributed by atoms with van der Waals surface area (Å²) < 4.78 is 15.5.